The summed E-state index contributed by atoms with van der Waals surface area (Å²) in [6, 6.07) is 23.6. The summed E-state index contributed by atoms with van der Waals surface area (Å²) in [5.41, 5.74) is 2.21. The Kier molecular flexibility index (Phi) is 5.15. The zero-order valence-corrected chi connectivity index (χ0v) is 14.8. The van der Waals surface area contributed by atoms with Crippen LogP contribution in [0.4, 0.5) is 0 Å². The van der Waals surface area contributed by atoms with E-state index in [0.29, 0.717) is 11.3 Å². The van der Waals surface area contributed by atoms with Gasteiger partial charge in [0.1, 0.15) is 5.75 Å². The van der Waals surface area contributed by atoms with Crippen molar-refractivity contribution < 1.29 is 9.53 Å². The molecule has 0 amide bonds. The molecule has 0 N–H and O–H groups in total. The van der Waals surface area contributed by atoms with Gasteiger partial charge in [-0.15, -0.1) is 0 Å². The lowest BCUT2D eigenvalue weighted by molar-refractivity contribution is -0.130. The van der Waals surface area contributed by atoms with Crippen LogP contribution in [-0.2, 0) is 4.79 Å². The third kappa shape index (κ3) is 3.50. The lowest BCUT2D eigenvalue weighted by Gasteiger charge is -2.14. The fourth-order valence-corrected chi connectivity index (χ4v) is 2.93. The van der Waals surface area contributed by atoms with Crippen LogP contribution in [0.5, 0.6) is 5.75 Å². The normalized spacial score (nSPS) is 11.4. The molecule has 0 bridgehead atoms. The molecule has 128 valence electrons. The number of carbonyl (C=O) groups excluding carboxylic acids is 1. The predicted molar refractivity (Wildman–Crippen MR) is 104 cm³/mol. The first-order valence-electron chi connectivity index (χ1n) is 8.51. The molecule has 3 rings (SSSR count). The van der Waals surface area contributed by atoms with Crippen LogP contribution in [0.25, 0.3) is 21.9 Å². The standard InChI is InChI=1S/C23H19NO2/c1-16(2)18(14-15-24)23(25)26-22-13-6-5-11-21(22)20-12-7-9-17-8-3-4-10-19(17)20/h3-14,16H,1-2H3. The highest BCUT2D eigenvalue weighted by atomic mass is 16.5. The summed E-state index contributed by atoms with van der Waals surface area (Å²) in [6.45, 7) is 3.72. The van der Waals surface area contributed by atoms with E-state index in [-0.39, 0.29) is 5.92 Å². The highest BCUT2D eigenvalue weighted by Gasteiger charge is 2.18. The van der Waals surface area contributed by atoms with Crippen LogP contribution in [0.3, 0.4) is 0 Å². The van der Waals surface area contributed by atoms with Crippen molar-refractivity contribution in [3.63, 3.8) is 0 Å². The summed E-state index contributed by atoms with van der Waals surface area (Å²) < 4.78 is 5.67. The minimum atomic E-state index is -0.491. The SMILES string of the molecule is CC(C)C(=CC#N)C(=O)Oc1ccccc1-c1cccc2ccccc12. The van der Waals surface area contributed by atoms with Gasteiger partial charge in [0, 0.05) is 11.6 Å². The van der Waals surface area contributed by atoms with Crippen molar-refractivity contribution in [2.45, 2.75) is 13.8 Å². The van der Waals surface area contributed by atoms with E-state index in [4.69, 9.17) is 10.00 Å². The van der Waals surface area contributed by atoms with E-state index < -0.39 is 5.97 Å². The number of fused-ring (bicyclic) bond motifs is 1. The quantitative estimate of drug-likeness (QED) is 0.272. The molecule has 3 nitrogen and oxygen atoms in total. The lowest BCUT2D eigenvalue weighted by atomic mass is 9.97. The molecule has 0 saturated heterocycles. The Bertz CT molecular complexity index is 1020. The van der Waals surface area contributed by atoms with E-state index in [1.807, 2.05) is 62.4 Å². The Hall–Kier alpha value is -3.38. The number of esters is 1. The summed E-state index contributed by atoms with van der Waals surface area (Å²) in [4.78, 5) is 12.5. The van der Waals surface area contributed by atoms with E-state index in [1.54, 1.807) is 6.07 Å². The summed E-state index contributed by atoms with van der Waals surface area (Å²) in [5.74, 6) is -0.0977. The summed E-state index contributed by atoms with van der Waals surface area (Å²) >= 11 is 0. The molecule has 0 fully saturated rings. The number of carbonyl (C=O) groups is 1. The number of rotatable bonds is 4. The van der Waals surface area contributed by atoms with E-state index in [2.05, 4.69) is 18.2 Å². The predicted octanol–water partition coefficient (Wildman–Crippen LogP) is 5.52. The van der Waals surface area contributed by atoms with Crippen LogP contribution in [0.1, 0.15) is 13.8 Å². The Morgan fingerprint density at radius 3 is 2.38 bits per heavy atom. The molecule has 26 heavy (non-hydrogen) atoms. The molecule has 0 spiro atoms. The average Bonchev–Trinajstić information content (AvgIpc) is 2.66. The molecule has 3 aromatic rings. The molecule has 0 aromatic heterocycles. The first kappa shape index (κ1) is 17.4. The number of nitrogens with zero attached hydrogens (tertiary/aromatic N) is 1. The van der Waals surface area contributed by atoms with Gasteiger partial charge >= 0.3 is 5.97 Å². The van der Waals surface area contributed by atoms with Crippen molar-refractivity contribution in [1.82, 2.24) is 0 Å². The monoisotopic (exact) mass is 341 g/mol. The van der Waals surface area contributed by atoms with Crippen molar-refractivity contribution in [3.8, 4) is 22.9 Å². The number of nitriles is 1. The van der Waals surface area contributed by atoms with Gasteiger partial charge < -0.3 is 4.74 Å². The molecule has 0 atom stereocenters. The molecule has 0 radical (unpaired) electrons. The molecule has 0 heterocycles. The maximum atomic E-state index is 12.5. The minimum absolute atomic E-state index is 0.0909. The van der Waals surface area contributed by atoms with E-state index in [0.717, 1.165) is 21.9 Å². The maximum absolute atomic E-state index is 12.5. The van der Waals surface area contributed by atoms with Crippen LogP contribution >= 0.6 is 0 Å². The number of para-hydroxylation sites is 1. The zero-order valence-electron chi connectivity index (χ0n) is 14.8. The Morgan fingerprint density at radius 1 is 0.962 bits per heavy atom. The highest BCUT2D eigenvalue weighted by molar-refractivity contribution is 5.99. The maximum Gasteiger partial charge on any atom is 0.340 e. The van der Waals surface area contributed by atoms with Crippen molar-refractivity contribution in [3.05, 3.63) is 78.4 Å². The fraction of sp³-hybridized carbons (Fsp3) is 0.130. The van der Waals surface area contributed by atoms with Crippen LogP contribution in [0.15, 0.2) is 78.4 Å². The third-order valence-electron chi connectivity index (χ3n) is 4.25. The van der Waals surface area contributed by atoms with Crippen molar-refractivity contribution in [1.29, 1.82) is 5.26 Å². The van der Waals surface area contributed by atoms with Crippen LogP contribution < -0.4 is 4.74 Å². The van der Waals surface area contributed by atoms with Crippen molar-refractivity contribution in [2.75, 3.05) is 0 Å². The van der Waals surface area contributed by atoms with Crippen LogP contribution in [0.2, 0.25) is 0 Å². The molecule has 0 saturated carbocycles. The van der Waals surface area contributed by atoms with E-state index in [9.17, 15) is 4.79 Å². The molecule has 0 aliphatic carbocycles. The highest BCUT2D eigenvalue weighted by Crippen LogP contribution is 2.35. The van der Waals surface area contributed by atoms with Gasteiger partial charge in [0.05, 0.1) is 11.6 Å². The zero-order chi connectivity index (χ0) is 18.5. The smallest absolute Gasteiger partial charge is 0.340 e. The van der Waals surface area contributed by atoms with Gasteiger partial charge in [0.2, 0.25) is 0 Å². The van der Waals surface area contributed by atoms with Crippen molar-refractivity contribution >= 4 is 16.7 Å². The first-order chi connectivity index (χ1) is 12.6. The molecule has 3 heteroatoms. The van der Waals surface area contributed by atoms with E-state index in [1.165, 1.54) is 6.08 Å². The van der Waals surface area contributed by atoms with Gasteiger partial charge in [0.15, 0.2) is 0 Å². The Labute approximate surface area is 153 Å². The number of allylic oxidation sites excluding steroid dienone is 1. The second-order valence-corrected chi connectivity index (χ2v) is 6.30. The largest absolute Gasteiger partial charge is 0.422 e. The second-order valence-electron chi connectivity index (χ2n) is 6.30. The molecule has 0 aliphatic heterocycles. The lowest BCUT2D eigenvalue weighted by Crippen LogP contribution is -2.15. The second kappa shape index (κ2) is 7.67. The van der Waals surface area contributed by atoms with Gasteiger partial charge in [-0.3, -0.25) is 0 Å². The number of hydrogen-bond acceptors (Lipinski definition) is 3. The van der Waals surface area contributed by atoms with Crippen molar-refractivity contribution in [2.24, 2.45) is 5.92 Å². The molecule has 0 aliphatic rings. The first-order valence-corrected chi connectivity index (χ1v) is 8.51. The topological polar surface area (TPSA) is 50.1 Å². The molecule has 3 aromatic carbocycles. The van der Waals surface area contributed by atoms with Gasteiger partial charge in [-0.2, -0.15) is 5.26 Å². The average molecular weight is 341 g/mol. The Morgan fingerprint density at radius 2 is 1.62 bits per heavy atom. The van der Waals surface area contributed by atoms with Gasteiger partial charge in [-0.25, -0.2) is 4.79 Å². The molecular formula is C23H19NO2. The van der Waals surface area contributed by atoms with Crippen LogP contribution in [0, 0.1) is 17.2 Å². The number of ether oxygens (including phenoxy) is 1. The fourth-order valence-electron chi connectivity index (χ4n) is 2.93. The summed E-state index contributed by atoms with van der Waals surface area (Å²) in [6.07, 6.45) is 1.26. The number of benzene rings is 3. The van der Waals surface area contributed by atoms with E-state index >= 15 is 0 Å². The summed E-state index contributed by atoms with van der Waals surface area (Å²) in [7, 11) is 0. The third-order valence-corrected chi connectivity index (χ3v) is 4.25. The molecule has 0 unspecified atom stereocenters. The number of hydrogen-bond donors (Lipinski definition) is 0. The summed E-state index contributed by atoms with van der Waals surface area (Å²) in [5, 5.41) is 11.1. The van der Waals surface area contributed by atoms with Gasteiger partial charge in [-0.05, 0) is 28.3 Å². The minimum Gasteiger partial charge on any atom is -0.422 e. The molecular weight excluding hydrogens is 322 g/mol. The van der Waals surface area contributed by atoms with Crippen LogP contribution in [-0.4, -0.2) is 5.97 Å². The Balaban J connectivity index is 2.06. The van der Waals surface area contributed by atoms with Gasteiger partial charge in [-0.1, -0.05) is 74.5 Å². The van der Waals surface area contributed by atoms with Gasteiger partial charge in [0.25, 0.3) is 0 Å².